The number of thiophene rings is 1. The topological polar surface area (TPSA) is 125 Å². The first-order valence-corrected chi connectivity index (χ1v) is 17.2. The molecule has 2 amide bonds. The molecule has 0 saturated heterocycles. The van der Waals surface area contributed by atoms with Crippen LogP contribution in [-0.2, 0) is 19.6 Å². The third kappa shape index (κ3) is 10.9. The highest BCUT2D eigenvalue weighted by Crippen LogP contribution is 2.30. The minimum atomic E-state index is -4.45. The first kappa shape index (κ1) is 36.6. The molecule has 0 radical (unpaired) electrons. The van der Waals surface area contributed by atoms with Gasteiger partial charge in [0.1, 0.15) is 9.96 Å². The fraction of sp³-hybridized carbons (Fsp3) is 0.600. The number of alkyl halides is 3. The molecule has 252 valence electrons. The molecule has 1 aliphatic rings. The van der Waals surface area contributed by atoms with Gasteiger partial charge in [0.25, 0.3) is 15.9 Å². The zero-order valence-electron chi connectivity index (χ0n) is 25.9. The van der Waals surface area contributed by atoms with Gasteiger partial charge < -0.3 is 24.4 Å². The number of nitrogens with zero attached hydrogens (tertiary/aromatic N) is 2. The smallest absolute Gasteiger partial charge is 0.389 e. The second-order valence-corrected chi connectivity index (χ2v) is 14.3. The highest BCUT2D eigenvalue weighted by atomic mass is 32.2. The summed E-state index contributed by atoms with van der Waals surface area (Å²) < 4.78 is 78.9. The molecule has 2 N–H and O–H groups in total. The van der Waals surface area contributed by atoms with Crippen LogP contribution in [0.3, 0.4) is 0 Å². The summed E-state index contributed by atoms with van der Waals surface area (Å²) in [5.74, 6) is -1.34. The third-order valence-corrected chi connectivity index (χ3v) is 10.3. The van der Waals surface area contributed by atoms with Crippen LogP contribution in [0.25, 0.3) is 0 Å². The van der Waals surface area contributed by atoms with E-state index in [0.29, 0.717) is 19.4 Å². The van der Waals surface area contributed by atoms with Crippen molar-refractivity contribution in [3.63, 3.8) is 0 Å². The highest BCUT2D eigenvalue weighted by molar-refractivity contribution is 7.94. The fourth-order valence-electron chi connectivity index (χ4n) is 4.88. The summed E-state index contributed by atoms with van der Waals surface area (Å²) in [4.78, 5) is 29.3. The average molecular weight is 678 g/mol. The Morgan fingerprint density at radius 2 is 1.98 bits per heavy atom. The molecule has 3 rings (SSSR count). The second kappa shape index (κ2) is 16.1. The van der Waals surface area contributed by atoms with Crippen molar-refractivity contribution in [1.82, 2.24) is 9.80 Å². The van der Waals surface area contributed by atoms with E-state index in [1.165, 1.54) is 35.0 Å². The summed E-state index contributed by atoms with van der Waals surface area (Å²) in [6, 6.07) is 6.88. The maximum atomic E-state index is 14.2. The molecular formula is C30H42F3N3O7S2. The van der Waals surface area contributed by atoms with Crippen LogP contribution in [0.15, 0.2) is 39.9 Å². The molecule has 15 heteroatoms. The largest absolute Gasteiger partial charge is 0.490 e. The van der Waals surface area contributed by atoms with Crippen molar-refractivity contribution in [2.75, 3.05) is 38.1 Å². The highest BCUT2D eigenvalue weighted by Gasteiger charge is 2.32. The van der Waals surface area contributed by atoms with Gasteiger partial charge in [-0.25, -0.2) is 8.42 Å². The van der Waals surface area contributed by atoms with Gasteiger partial charge in [0.15, 0.2) is 0 Å². The molecule has 0 fully saturated rings. The zero-order valence-corrected chi connectivity index (χ0v) is 27.5. The number of rotatable bonds is 9. The van der Waals surface area contributed by atoms with E-state index in [-0.39, 0.29) is 47.0 Å². The Bertz CT molecular complexity index is 1370. The third-order valence-electron chi connectivity index (χ3n) is 7.57. The minimum Gasteiger partial charge on any atom is -0.490 e. The predicted octanol–water partition coefficient (Wildman–Crippen LogP) is 5.15. The van der Waals surface area contributed by atoms with Crippen molar-refractivity contribution < 1.29 is 45.8 Å². The van der Waals surface area contributed by atoms with Crippen molar-refractivity contribution in [3.05, 3.63) is 41.3 Å². The van der Waals surface area contributed by atoms with E-state index in [1.807, 2.05) is 6.92 Å². The molecule has 45 heavy (non-hydrogen) atoms. The Kier molecular flexibility index (Phi) is 13.1. The second-order valence-electron chi connectivity index (χ2n) is 11.4. The molecule has 0 bridgehead atoms. The van der Waals surface area contributed by atoms with Gasteiger partial charge in [0.2, 0.25) is 5.91 Å². The zero-order chi connectivity index (χ0) is 33.4. The monoisotopic (exact) mass is 677 g/mol. The van der Waals surface area contributed by atoms with Gasteiger partial charge in [-0.3, -0.25) is 14.3 Å². The lowest BCUT2D eigenvalue weighted by atomic mass is 10.0. The Morgan fingerprint density at radius 1 is 1.24 bits per heavy atom. The number of amides is 2. The van der Waals surface area contributed by atoms with Gasteiger partial charge in [0, 0.05) is 44.8 Å². The average Bonchev–Trinajstić information content (AvgIpc) is 3.53. The van der Waals surface area contributed by atoms with Crippen LogP contribution < -0.4 is 9.46 Å². The lowest BCUT2D eigenvalue weighted by Crippen LogP contribution is -2.48. The molecular weight excluding hydrogens is 635 g/mol. The first-order valence-electron chi connectivity index (χ1n) is 14.8. The van der Waals surface area contributed by atoms with E-state index in [0.717, 1.165) is 17.8 Å². The number of nitrogens with one attached hydrogen (secondary N) is 1. The first-order chi connectivity index (χ1) is 21.1. The molecule has 0 aliphatic carbocycles. The van der Waals surface area contributed by atoms with E-state index >= 15 is 0 Å². The number of benzene rings is 1. The Morgan fingerprint density at radius 3 is 2.62 bits per heavy atom. The summed E-state index contributed by atoms with van der Waals surface area (Å²) in [5.41, 5.74) is 0.243. The number of sulfonamides is 1. The van der Waals surface area contributed by atoms with Gasteiger partial charge in [-0.2, -0.15) is 13.2 Å². The molecule has 0 spiro atoms. The minimum absolute atomic E-state index is 0.0120. The molecule has 2 heterocycles. The molecule has 0 saturated carbocycles. The summed E-state index contributed by atoms with van der Waals surface area (Å²) in [6.07, 6.45) is -5.27. The fourth-order valence-corrected chi connectivity index (χ4v) is 6.92. The van der Waals surface area contributed by atoms with Gasteiger partial charge in [0.05, 0.1) is 36.8 Å². The normalized spacial score (nSPS) is 21.3. The number of carbonyl (C=O) groups excluding carboxylic acids is 2. The van der Waals surface area contributed by atoms with E-state index in [4.69, 9.17) is 9.47 Å². The Balaban J connectivity index is 1.94. The standard InChI is InChI=1S/C30H42F3N3O7S2/c1-20-17-36(21(2)19-37)29(39)24-16-23(34-45(40,41)28-9-7-15-44-28)10-11-25(24)43-22(3)8-5-6-14-42-26(20)18-35(4)27(38)12-13-30(31,32)33/h7,9-11,15-16,20-22,26,34,37H,5-6,8,12-14,17-19H2,1-4H3/t20-,21-,22-,26+/m1/s1. The van der Waals surface area contributed by atoms with Crippen molar-refractivity contribution >= 4 is 38.9 Å². The quantitative estimate of drug-likeness (QED) is 0.377. The number of aliphatic hydroxyl groups is 1. The van der Waals surface area contributed by atoms with E-state index in [1.54, 1.807) is 31.4 Å². The number of fused-ring (bicyclic) bond motifs is 1. The predicted molar refractivity (Wildman–Crippen MR) is 165 cm³/mol. The van der Waals surface area contributed by atoms with Crippen molar-refractivity contribution in [1.29, 1.82) is 0 Å². The van der Waals surface area contributed by atoms with Crippen LogP contribution in [0.5, 0.6) is 5.75 Å². The molecule has 1 aromatic heterocycles. The lowest BCUT2D eigenvalue weighted by Gasteiger charge is -2.36. The van der Waals surface area contributed by atoms with E-state index in [9.17, 15) is 36.3 Å². The summed E-state index contributed by atoms with van der Waals surface area (Å²) >= 11 is 1.05. The van der Waals surface area contributed by atoms with E-state index in [2.05, 4.69) is 4.72 Å². The molecule has 2 aromatic rings. The molecule has 4 atom stereocenters. The van der Waals surface area contributed by atoms with Crippen LogP contribution in [0.1, 0.15) is 63.2 Å². The number of likely N-dealkylation sites (N-methyl/N-ethyl adjacent to an activating group) is 1. The Labute approximate surface area is 266 Å². The van der Waals surface area contributed by atoms with Crippen LogP contribution in [0, 0.1) is 5.92 Å². The number of hydrogen-bond acceptors (Lipinski definition) is 8. The number of aliphatic hydroxyl groups excluding tert-OH is 1. The number of halogens is 3. The SMILES string of the molecule is C[C@@H]1CCCCO[C@@H](CN(C)C(=O)CCC(F)(F)F)[C@H](C)CN([C@H](C)CO)C(=O)c2cc(NS(=O)(=O)c3cccs3)ccc2O1. The van der Waals surface area contributed by atoms with Crippen LogP contribution >= 0.6 is 11.3 Å². The molecule has 1 aromatic carbocycles. The van der Waals surface area contributed by atoms with Crippen LogP contribution in [0.2, 0.25) is 0 Å². The van der Waals surface area contributed by atoms with Crippen molar-refractivity contribution in [2.45, 2.75) is 81.5 Å². The summed E-state index contributed by atoms with van der Waals surface area (Å²) in [7, 11) is -2.48. The van der Waals surface area contributed by atoms with Gasteiger partial charge in [-0.05, 0) is 62.8 Å². The number of carbonyl (C=O) groups is 2. The molecule has 10 nitrogen and oxygen atoms in total. The lowest BCUT2D eigenvalue weighted by molar-refractivity contribution is -0.149. The van der Waals surface area contributed by atoms with Crippen LogP contribution in [0.4, 0.5) is 18.9 Å². The maximum absolute atomic E-state index is 14.2. The molecule has 0 unspecified atom stereocenters. The summed E-state index contributed by atoms with van der Waals surface area (Å²) in [6.45, 7) is 5.35. The van der Waals surface area contributed by atoms with Crippen LogP contribution in [-0.4, -0.2) is 92.9 Å². The summed E-state index contributed by atoms with van der Waals surface area (Å²) in [5, 5.41) is 11.7. The van der Waals surface area contributed by atoms with Crippen molar-refractivity contribution in [2.24, 2.45) is 5.92 Å². The number of hydrogen-bond donors (Lipinski definition) is 2. The van der Waals surface area contributed by atoms with Crippen molar-refractivity contribution in [3.8, 4) is 5.75 Å². The van der Waals surface area contributed by atoms with Gasteiger partial charge in [-0.15, -0.1) is 11.3 Å². The molecule has 1 aliphatic heterocycles. The van der Waals surface area contributed by atoms with Gasteiger partial charge >= 0.3 is 6.18 Å². The maximum Gasteiger partial charge on any atom is 0.389 e. The number of anilines is 1. The number of ether oxygens (including phenoxy) is 2. The van der Waals surface area contributed by atoms with E-state index < -0.39 is 58.9 Å². The van der Waals surface area contributed by atoms with Gasteiger partial charge in [-0.1, -0.05) is 13.0 Å². The Hall–Kier alpha value is -2.88.